The molecule has 0 aliphatic heterocycles. The zero-order valence-electron chi connectivity index (χ0n) is 11.4. The fraction of sp³-hybridized carbons (Fsp3) is 0.571. The molecule has 1 rings (SSSR count). The van der Waals surface area contributed by atoms with Gasteiger partial charge in [-0.2, -0.15) is 0 Å². The molecule has 1 aromatic carbocycles. The van der Waals surface area contributed by atoms with E-state index in [1.54, 1.807) is 0 Å². The summed E-state index contributed by atoms with van der Waals surface area (Å²) in [4.78, 5) is 2.15. The van der Waals surface area contributed by atoms with E-state index in [2.05, 4.69) is 38.1 Å². The van der Waals surface area contributed by atoms with Crippen LogP contribution >= 0.6 is 0 Å². The Hall–Kier alpha value is -1.06. The quantitative estimate of drug-likeness (QED) is 0.824. The molecule has 0 saturated heterocycles. The molecule has 96 valence electrons. The number of hydrogen-bond donors (Lipinski definition) is 1. The Bertz CT molecular complexity index is 350. The van der Waals surface area contributed by atoms with E-state index < -0.39 is 0 Å². The lowest BCUT2D eigenvalue weighted by atomic mass is 10.0. The van der Waals surface area contributed by atoms with Crippen LogP contribution in [0.5, 0.6) is 5.75 Å². The monoisotopic (exact) mass is 236 g/mol. The van der Waals surface area contributed by atoms with Crippen molar-refractivity contribution in [1.82, 2.24) is 4.90 Å². The van der Waals surface area contributed by atoms with Gasteiger partial charge in [-0.05, 0) is 58.1 Å². The van der Waals surface area contributed by atoms with Crippen LogP contribution < -0.4 is 10.5 Å². The minimum Gasteiger partial charge on any atom is -0.494 e. The SMILES string of the molecule is CCOc1ccc(C(N)CCN(C)C)cc1C. The fourth-order valence-corrected chi connectivity index (χ4v) is 1.78. The van der Waals surface area contributed by atoms with E-state index in [1.807, 2.05) is 13.0 Å². The molecular weight excluding hydrogens is 212 g/mol. The molecule has 0 aliphatic rings. The van der Waals surface area contributed by atoms with Crippen LogP contribution in [-0.4, -0.2) is 32.1 Å². The minimum atomic E-state index is 0.103. The maximum atomic E-state index is 6.17. The molecule has 0 heterocycles. The van der Waals surface area contributed by atoms with Crippen LogP contribution in [0.15, 0.2) is 18.2 Å². The van der Waals surface area contributed by atoms with Gasteiger partial charge in [-0.1, -0.05) is 12.1 Å². The van der Waals surface area contributed by atoms with E-state index in [9.17, 15) is 0 Å². The molecule has 0 aromatic heterocycles. The molecule has 0 radical (unpaired) electrons. The van der Waals surface area contributed by atoms with Gasteiger partial charge in [0.2, 0.25) is 0 Å². The van der Waals surface area contributed by atoms with Crippen molar-refractivity contribution in [2.45, 2.75) is 26.3 Å². The number of hydrogen-bond acceptors (Lipinski definition) is 3. The molecule has 1 atom stereocenters. The van der Waals surface area contributed by atoms with E-state index in [4.69, 9.17) is 10.5 Å². The highest BCUT2D eigenvalue weighted by Crippen LogP contribution is 2.23. The molecular formula is C14H24N2O. The van der Waals surface area contributed by atoms with Gasteiger partial charge in [-0.15, -0.1) is 0 Å². The van der Waals surface area contributed by atoms with Gasteiger partial charge >= 0.3 is 0 Å². The Labute approximate surface area is 105 Å². The van der Waals surface area contributed by atoms with Gasteiger partial charge in [-0.25, -0.2) is 0 Å². The summed E-state index contributed by atoms with van der Waals surface area (Å²) in [5, 5.41) is 0. The van der Waals surface area contributed by atoms with Crippen molar-refractivity contribution in [2.75, 3.05) is 27.2 Å². The predicted molar refractivity (Wildman–Crippen MR) is 72.4 cm³/mol. The van der Waals surface area contributed by atoms with E-state index >= 15 is 0 Å². The van der Waals surface area contributed by atoms with Crippen molar-refractivity contribution in [3.05, 3.63) is 29.3 Å². The minimum absolute atomic E-state index is 0.103. The van der Waals surface area contributed by atoms with Crippen LogP contribution in [0.3, 0.4) is 0 Å². The van der Waals surface area contributed by atoms with Crippen molar-refractivity contribution in [3.63, 3.8) is 0 Å². The van der Waals surface area contributed by atoms with Gasteiger partial charge in [0.05, 0.1) is 6.61 Å². The van der Waals surface area contributed by atoms with Gasteiger partial charge in [-0.3, -0.25) is 0 Å². The van der Waals surface area contributed by atoms with E-state index in [1.165, 1.54) is 5.56 Å². The van der Waals surface area contributed by atoms with E-state index in [0.29, 0.717) is 6.61 Å². The molecule has 0 saturated carbocycles. The van der Waals surface area contributed by atoms with Crippen molar-refractivity contribution in [2.24, 2.45) is 5.73 Å². The molecule has 0 aliphatic carbocycles. The molecule has 0 amide bonds. The molecule has 17 heavy (non-hydrogen) atoms. The van der Waals surface area contributed by atoms with Gasteiger partial charge in [0.1, 0.15) is 5.75 Å². The van der Waals surface area contributed by atoms with Crippen LogP contribution in [0.4, 0.5) is 0 Å². The number of aryl methyl sites for hydroxylation is 1. The molecule has 0 fully saturated rings. The first-order valence-electron chi connectivity index (χ1n) is 6.18. The summed E-state index contributed by atoms with van der Waals surface area (Å²) in [6.45, 7) is 5.77. The number of rotatable bonds is 6. The molecule has 0 bridgehead atoms. The lowest BCUT2D eigenvalue weighted by Gasteiger charge is -2.17. The van der Waals surface area contributed by atoms with Crippen molar-refractivity contribution >= 4 is 0 Å². The van der Waals surface area contributed by atoms with Crippen LogP contribution in [0.25, 0.3) is 0 Å². The first-order chi connectivity index (χ1) is 8.04. The van der Waals surface area contributed by atoms with Gasteiger partial charge in [0.25, 0.3) is 0 Å². The summed E-state index contributed by atoms with van der Waals surface area (Å²) in [6, 6.07) is 6.32. The summed E-state index contributed by atoms with van der Waals surface area (Å²) in [5.41, 5.74) is 8.51. The average Bonchev–Trinajstić information content (AvgIpc) is 2.28. The maximum absolute atomic E-state index is 6.17. The molecule has 2 N–H and O–H groups in total. The van der Waals surface area contributed by atoms with Gasteiger partial charge in [0.15, 0.2) is 0 Å². The first kappa shape index (κ1) is 14.0. The normalized spacial score (nSPS) is 12.8. The van der Waals surface area contributed by atoms with E-state index in [-0.39, 0.29) is 6.04 Å². The molecule has 3 nitrogen and oxygen atoms in total. The summed E-state index contributed by atoms with van der Waals surface area (Å²) < 4.78 is 5.52. The highest BCUT2D eigenvalue weighted by molar-refractivity contribution is 5.37. The predicted octanol–water partition coefficient (Wildman–Crippen LogP) is 2.35. The summed E-state index contributed by atoms with van der Waals surface area (Å²) in [6.07, 6.45) is 0.973. The van der Waals surface area contributed by atoms with Crippen molar-refractivity contribution in [1.29, 1.82) is 0 Å². The molecule has 1 unspecified atom stereocenters. The summed E-state index contributed by atoms with van der Waals surface area (Å²) in [7, 11) is 4.13. The Kier molecular flexibility index (Phi) is 5.45. The van der Waals surface area contributed by atoms with Crippen LogP contribution in [0, 0.1) is 6.92 Å². The number of ether oxygens (including phenoxy) is 1. The second-order valence-corrected chi connectivity index (χ2v) is 4.66. The third kappa shape index (κ3) is 4.36. The number of benzene rings is 1. The highest BCUT2D eigenvalue weighted by Gasteiger charge is 2.08. The zero-order valence-corrected chi connectivity index (χ0v) is 11.4. The smallest absolute Gasteiger partial charge is 0.122 e. The average molecular weight is 236 g/mol. The van der Waals surface area contributed by atoms with Crippen molar-refractivity contribution in [3.8, 4) is 5.75 Å². The van der Waals surface area contributed by atoms with Crippen LogP contribution in [-0.2, 0) is 0 Å². The Morgan fingerprint density at radius 1 is 1.35 bits per heavy atom. The second-order valence-electron chi connectivity index (χ2n) is 4.66. The number of nitrogens with zero attached hydrogens (tertiary/aromatic N) is 1. The van der Waals surface area contributed by atoms with Crippen LogP contribution in [0.1, 0.15) is 30.5 Å². The van der Waals surface area contributed by atoms with Crippen molar-refractivity contribution < 1.29 is 4.74 Å². The summed E-state index contributed by atoms with van der Waals surface area (Å²) >= 11 is 0. The molecule has 0 spiro atoms. The number of nitrogens with two attached hydrogens (primary N) is 1. The lowest BCUT2D eigenvalue weighted by molar-refractivity contribution is 0.337. The molecule has 3 heteroatoms. The lowest BCUT2D eigenvalue weighted by Crippen LogP contribution is -2.20. The van der Waals surface area contributed by atoms with E-state index in [0.717, 1.165) is 24.3 Å². The Balaban J connectivity index is 2.68. The largest absolute Gasteiger partial charge is 0.494 e. The van der Waals surface area contributed by atoms with Gasteiger partial charge < -0.3 is 15.4 Å². The third-order valence-corrected chi connectivity index (χ3v) is 2.81. The zero-order chi connectivity index (χ0) is 12.8. The Morgan fingerprint density at radius 2 is 2.06 bits per heavy atom. The third-order valence-electron chi connectivity index (χ3n) is 2.81. The fourth-order valence-electron chi connectivity index (χ4n) is 1.78. The topological polar surface area (TPSA) is 38.5 Å². The maximum Gasteiger partial charge on any atom is 0.122 e. The standard InChI is InChI=1S/C14H24N2O/c1-5-17-14-7-6-12(10-11(14)2)13(15)8-9-16(3)4/h6-7,10,13H,5,8-9,15H2,1-4H3. The Morgan fingerprint density at radius 3 is 2.59 bits per heavy atom. The highest BCUT2D eigenvalue weighted by atomic mass is 16.5. The summed E-state index contributed by atoms with van der Waals surface area (Å²) in [5.74, 6) is 0.955. The van der Waals surface area contributed by atoms with Gasteiger partial charge in [0, 0.05) is 6.04 Å². The first-order valence-corrected chi connectivity index (χ1v) is 6.18. The second kappa shape index (κ2) is 6.62. The van der Waals surface area contributed by atoms with Crippen LogP contribution in [0.2, 0.25) is 0 Å². The molecule has 1 aromatic rings.